The smallest absolute Gasteiger partial charge is 0.243 e. The summed E-state index contributed by atoms with van der Waals surface area (Å²) in [6, 6.07) is 15.4. The fraction of sp³-hybridized carbons (Fsp3) is 0.409. The number of carbonyl (C=O) groups excluding carboxylic acids is 1. The van der Waals surface area contributed by atoms with Crippen molar-refractivity contribution in [3.05, 3.63) is 54.1 Å². The largest absolute Gasteiger partial charge is 0.366 e. The van der Waals surface area contributed by atoms with Crippen LogP contribution in [0.4, 0.5) is 11.4 Å². The minimum absolute atomic E-state index is 0.00702. The number of hydrogen-bond donors (Lipinski definition) is 0. The Bertz CT molecular complexity index is 1010. The van der Waals surface area contributed by atoms with E-state index in [9.17, 15) is 13.2 Å². The van der Waals surface area contributed by atoms with Crippen LogP contribution in [0.1, 0.15) is 25.8 Å². The first kappa shape index (κ1) is 19.9. The Kier molecular flexibility index (Phi) is 5.36. The van der Waals surface area contributed by atoms with Crippen molar-refractivity contribution >= 4 is 27.3 Å². The van der Waals surface area contributed by atoms with Crippen LogP contribution < -0.4 is 9.80 Å². The van der Waals surface area contributed by atoms with Crippen molar-refractivity contribution in [2.45, 2.75) is 37.6 Å². The summed E-state index contributed by atoms with van der Waals surface area (Å²) in [7, 11) is -3.57. The van der Waals surface area contributed by atoms with Crippen LogP contribution in [0.3, 0.4) is 0 Å². The number of hydrogen-bond acceptors (Lipinski definition) is 4. The third kappa shape index (κ3) is 3.76. The van der Waals surface area contributed by atoms with Gasteiger partial charge in [-0.2, -0.15) is 4.31 Å². The minimum Gasteiger partial charge on any atom is -0.366 e. The van der Waals surface area contributed by atoms with Gasteiger partial charge in [-0.15, -0.1) is 0 Å². The number of nitrogens with zero attached hydrogens (tertiary/aromatic N) is 3. The number of amides is 1. The van der Waals surface area contributed by atoms with E-state index in [0.29, 0.717) is 31.1 Å². The molecule has 4 rings (SSSR count). The van der Waals surface area contributed by atoms with E-state index in [2.05, 4.69) is 24.0 Å². The Balaban J connectivity index is 1.56. The van der Waals surface area contributed by atoms with Gasteiger partial charge < -0.3 is 9.80 Å². The zero-order valence-corrected chi connectivity index (χ0v) is 17.7. The zero-order chi connectivity index (χ0) is 20.6. The van der Waals surface area contributed by atoms with Crippen LogP contribution in [0.5, 0.6) is 0 Å². The molecule has 1 atom stereocenters. The van der Waals surface area contributed by atoms with Gasteiger partial charge in [-0.3, -0.25) is 4.79 Å². The lowest BCUT2D eigenvalue weighted by Crippen LogP contribution is -2.53. The highest BCUT2D eigenvalue weighted by atomic mass is 32.2. The average molecular weight is 414 g/mol. The number of sulfonamides is 1. The summed E-state index contributed by atoms with van der Waals surface area (Å²) in [5.41, 5.74) is 2.89. The molecule has 0 aliphatic carbocycles. The average Bonchev–Trinajstić information content (AvgIpc) is 2.73. The molecule has 2 aliphatic rings. The monoisotopic (exact) mass is 413 g/mol. The molecule has 0 aromatic heterocycles. The Morgan fingerprint density at radius 3 is 2.48 bits per heavy atom. The van der Waals surface area contributed by atoms with Crippen LogP contribution >= 0.6 is 0 Å². The molecule has 6 nitrogen and oxygen atoms in total. The number of para-hydroxylation sites is 1. The Labute approximate surface area is 172 Å². The second-order valence-corrected chi connectivity index (χ2v) is 9.74. The number of aryl methyl sites for hydroxylation is 1. The molecule has 2 aliphatic heterocycles. The quantitative estimate of drug-likeness (QED) is 0.776. The molecule has 2 aromatic rings. The molecule has 0 radical (unpaired) electrons. The molecule has 7 heteroatoms. The molecule has 1 fully saturated rings. The maximum absolute atomic E-state index is 13.3. The van der Waals surface area contributed by atoms with Crippen molar-refractivity contribution in [2.75, 3.05) is 36.0 Å². The van der Waals surface area contributed by atoms with Gasteiger partial charge in [0, 0.05) is 50.5 Å². The first-order chi connectivity index (χ1) is 13.9. The van der Waals surface area contributed by atoms with E-state index in [1.807, 2.05) is 18.2 Å². The standard InChI is InChI=1S/C22H27N3O3S/c1-17-16-23(13-14-24(17)20-8-4-3-5-9-20)29(27,28)21-10-11-22-19(15-21)7-6-12-25(22)18(2)26/h3-5,8-11,15,17H,6-7,12-14,16H2,1-2H3. The topological polar surface area (TPSA) is 60.9 Å². The Hall–Kier alpha value is -2.38. The summed E-state index contributed by atoms with van der Waals surface area (Å²) >= 11 is 0. The van der Waals surface area contributed by atoms with Gasteiger partial charge in [0.1, 0.15) is 0 Å². The number of piperazine rings is 1. The van der Waals surface area contributed by atoms with Gasteiger partial charge in [0.15, 0.2) is 0 Å². The predicted molar refractivity (Wildman–Crippen MR) is 115 cm³/mol. The van der Waals surface area contributed by atoms with Gasteiger partial charge >= 0.3 is 0 Å². The van der Waals surface area contributed by atoms with Crippen molar-refractivity contribution in [1.82, 2.24) is 4.31 Å². The summed E-state index contributed by atoms with van der Waals surface area (Å²) in [6.07, 6.45) is 1.64. The number of fused-ring (bicyclic) bond motifs is 1. The van der Waals surface area contributed by atoms with Crippen molar-refractivity contribution in [2.24, 2.45) is 0 Å². The fourth-order valence-corrected chi connectivity index (χ4v) is 5.92. The van der Waals surface area contributed by atoms with Crippen LogP contribution in [-0.4, -0.2) is 50.9 Å². The SMILES string of the molecule is CC(=O)N1CCCc2cc(S(=O)(=O)N3CCN(c4ccccc4)C(C)C3)ccc21. The molecular formula is C22H27N3O3S. The third-order valence-electron chi connectivity index (χ3n) is 5.87. The van der Waals surface area contributed by atoms with E-state index in [0.717, 1.165) is 29.8 Å². The normalized spacial score (nSPS) is 20.4. The molecule has 0 N–H and O–H groups in total. The molecule has 0 spiro atoms. The lowest BCUT2D eigenvalue weighted by Gasteiger charge is -2.40. The molecule has 29 heavy (non-hydrogen) atoms. The summed E-state index contributed by atoms with van der Waals surface area (Å²) < 4.78 is 28.2. The van der Waals surface area contributed by atoms with Crippen LogP contribution in [0.15, 0.2) is 53.4 Å². The van der Waals surface area contributed by atoms with Gasteiger partial charge in [-0.1, -0.05) is 18.2 Å². The zero-order valence-electron chi connectivity index (χ0n) is 16.9. The summed E-state index contributed by atoms with van der Waals surface area (Å²) in [6.45, 7) is 5.87. The Morgan fingerprint density at radius 2 is 1.79 bits per heavy atom. The number of anilines is 2. The van der Waals surface area contributed by atoms with Crippen LogP contribution in [0.25, 0.3) is 0 Å². The summed E-state index contributed by atoms with van der Waals surface area (Å²) in [5.74, 6) is -0.00702. The van der Waals surface area contributed by atoms with Crippen molar-refractivity contribution in [3.8, 4) is 0 Å². The maximum Gasteiger partial charge on any atom is 0.243 e. The molecule has 2 aromatic carbocycles. The molecule has 1 amide bonds. The van der Waals surface area contributed by atoms with Crippen molar-refractivity contribution in [1.29, 1.82) is 0 Å². The van der Waals surface area contributed by atoms with E-state index in [1.54, 1.807) is 34.3 Å². The molecule has 0 saturated carbocycles. The second-order valence-electron chi connectivity index (χ2n) is 7.81. The number of benzene rings is 2. The first-order valence-corrected chi connectivity index (χ1v) is 11.5. The van der Waals surface area contributed by atoms with E-state index >= 15 is 0 Å². The second kappa shape index (κ2) is 7.80. The van der Waals surface area contributed by atoms with Crippen molar-refractivity contribution < 1.29 is 13.2 Å². The minimum atomic E-state index is -3.57. The van der Waals surface area contributed by atoms with Crippen LogP contribution in [0.2, 0.25) is 0 Å². The van der Waals surface area contributed by atoms with Crippen molar-refractivity contribution in [3.63, 3.8) is 0 Å². The lowest BCUT2D eigenvalue weighted by atomic mass is 10.0. The number of carbonyl (C=O) groups is 1. The van der Waals surface area contributed by atoms with Gasteiger partial charge in [0.25, 0.3) is 0 Å². The van der Waals surface area contributed by atoms with Gasteiger partial charge in [0.2, 0.25) is 15.9 Å². The van der Waals surface area contributed by atoms with Gasteiger partial charge in [-0.05, 0) is 55.7 Å². The van der Waals surface area contributed by atoms with Gasteiger partial charge in [-0.25, -0.2) is 8.42 Å². The highest BCUT2D eigenvalue weighted by Gasteiger charge is 2.33. The van der Waals surface area contributed by atoms with Crippen LogP contribution in [-0.2, 0) is 21.2 Å². The third-order valence-corrected chi connectivity index (χ3v) is 7.73. The molecule has 2 heterocycles. The number of rotatable bonds is 3. The fourth-order valence-electron chi connectivity index (χ4n) is 4.36. The van der Waals surface area contributed by atoms with Gasteiger partial charge in [0.05, 0.1) is 4.90 Å². The van der Waals surface area contributed by atoms with Crippen LogP contribution in [0, 0.1) is 0 Å². The first-order valence-electron chi connectivity index (χ1n) is 10.1. The summed E-state index contributed by atoms with van der Waals surface area (Å²) in [5, 5.41) is 0. The molecular weight excluding hydrogens is 386 g/mol. The Morgan fingerprint density at radius 1 is 1.03 bits per heavy atom. The predicted octanol–water partition coefficient (Wildman–Crippen LogP) is 2.89. The maximum atomic E-state index is 13.3. The van der Waals surface area contributed by atoms with E-state index < -0.39 is 10.0 Å². The van der Waals surface area contributed by atoms with E-state index in [4.69, 9.17) is 0 Å². The molecule has 0 bridgehead atoms. The summed E-state index contributed by atoms with van der Waals surface area (Å²) in [4.78, 5) is 16.2. The molecule has 154 valence electrons. The highest BCUT2D eigenvalue weighted by molar-refractivity contribution is 7.89. The lowest BCUT2D eigenvalue weighted by molar-refractivity contribution is -0.116. The van der Waals surface area contributed by atoms with E-state index in [1.165, 1.54) is 0 Å². The molecule has 1 saturated heterocycles. The van der Waals surface area contributed by atoms with E-state index in [-0.39, 0.29) is 11.9 Å². The molecule has 1 unspecified atom stereocenters. The highest BCUT2D eigenvalue weighted by Crippen LogP contribution is 2.31.